The van der Waals surface area contributed by atoms with Gasteiger partial charge in [-0.3, -0.25) is 4.40 Å². The molecule has 2 heterocycles. The molecule has 2 rings (SSSR count). The Bertz CT molecular complexity index is 637. The van der Waals surface area contributed by atoms with Crippen LogP contribution in [-0.4, -0.2) is 22.0 Å². The summed E-state index contributed by atoms with van der Waals surface area (Å²) in [7, 11) is 0. The number of hydrogen-bond donors (Lipinski definition) is 0. The van der Waals surface area contributed by atoms with Crippen LogP contribution in [0.25, 0.3) is 5.65 Å². The molecule has 0 aliphatic carbocycles. The van der Waals surface area contributed by atoms with E-state index >= 15 is 0 Å². The molecule has 0 spiro atoms. The van der Waals surface area contributed by atoms with E-state index in [0.717, 1.165) is 16.5 Å². The van der Waals surface area contributed by atoms with E-state index in [2.05, 4.69) is 4.98 Å². The number of ether oxygens (including phenoxy) is 1. The number of hydrogen-bond acceptors (Lipinski definition) is 3. The molecule has 0 aliphatic heterocycles. The molecule has 0 fully saturated rings. The maximum absolute atomic E-state index is 12.9. The summed E-state index contributed by atoms with van der Waals surface area (Å²) in [4.78, 5) is 15.5. The predicted molar refractivity (Wildman–Crippen MR) is 68.9 cm³/mol. The van der Waals surface area contributed by atoms with Crippen LogP contribution in [0.15, 0.2) is 18.3 Å². The minimum absolute atomic E-state index is 0.0118. The predicted octanol–water partition coefficient (Wildman–Crippen LogP) is 3.13. The number of nitrogens with zero attached hydrogens (tertiary/aromatic N) is 2. The first-order valence-corrected chi connectivity index (χ1v) is 6.34. The van der Waals surface area contributed by atoms with Crippen molar-refractivity contribution in [2.45, 2.75) is 13.1 Å². The highest BCUT2D eigenvalue weighted by Crippen LogP contribution is 2.31. The van der Waals surface area contributed by atoms with Gasteiger partial charge in [-0.15, -0.1) is 0 Å². The summed E-state index contributed by atoms with van der Waals surface area (Å²) in [5.41, 5.74) is -0.923. The van der Waals surface area contributed by atoms with E-state index in [1.165, 1.54) is 6.20 Å². The number of aromatic nitrogens is 2. The van der Waals surface area contributed by atoms with Crippen LogP contribution in [0.4, 0.5) is 13.2 Å². The van der Waals surface area contributed by atoms with E-state index in [0.29, 0.717) is 0 Å². The molecular weight excluding hydrogens is 376 g/mol. The van der Waals surface area contributed by atoms with Crippen molar-refractivity contribution in [1.29, 1.82) is 0 Å². The van der Waals surface area contributed by atoms with E-state index in [9.17, 15) is 18.0 Å². The number of carbonyl (C=O) groups excluding carboxylic acids is 1. The lowest BCUT2D eigenvalue weighted by Gasteiger charge is -2.12. The maximum atomic E-state index is 12.9. The maximum Gasteiger partial charge on any atom is 0.431 e. The van der Waals surface area contributed by atoms with Gasteiger partial charge in [0.2, 0.25) is 0 Å². The summed E-state index contributed by atoms with van der Waals surface area (Å²) in [5, 5.41) is 0. The summed E-state index contributed by atoms with van der Waals surface area (Å²) in [5.74, 6) is -0.691. The fourth-order valence-electron chi connectivity index (χ4n) is 1.65. The lowest BCUT2D eigenvalue weighted by Crippen LogP contribution is -2.15. The number of alkyl halides is 3. The first-order valence-electron chi connectivity index (χ1n) is 5.26. The first kappa shape index (κ1) is 14.1. The van der Waals surface area contributed by atoms with Gasteiger partial charge in [-0.2, -0.15) is 13.2 Å². The van der Waals surface area contributed by atoms with Crippen LogP contribution < -0.4 is 0 Å². The quantitative estimate of drug-likeness (QED) is 0.591. The van der Waals surface area contributed by atoms with Crippen molar-refractivity contribution in [1.82, 2.24) is 9.38 Å². The Morgan fingerprint density at radius 1 is 1.47 bits per heavy atom. The fraction of sp³-hybridized carbons (Fsp3) is 0.273. The molecule has 0 unspecified atom stereocenters. The van der Waals surface area contributed by atoms with Gasteiger partial charge in [-0.1, -0.05) is 0 Å². The second-order valence-corrected chi connectivity index (χ2v) is 4.70. The average Bonchev–Trinajstić information content (AvgIpc) is 2.70. The zero-order chi connectivity index (χ0) is 14.2. The summed E-state index contributed by atoms with van der Waals surface area (Å²) < 4.78 is 44.6. The molecule has 8 heteroatoms. The number of rotatable bonds is 2. The molecule has 0 amide bonds. The summed E-state index contributed by atoms with van der Waals surface area (Å²) in [6.07, 6.45) is -3.25. The van der Waals surface area contributed by atoms with Gasteiger partial charge in [-0.25, -0.2) is 9.78 Å². The average molecular weight is 384 g/mol. The number of pyridine rings is 1. The molecule has 0 aromatic carbocycles. The summed E-state index contributed by atoms with van der Waals surface area (Å²) >= 11 is 1.73. The molecule has 0 saturated heterocycles. The van der Waals surface area contributed by atoms with Crippen molar-refractivity contribution in [3.8, 4) is 0 Å². The van der Waals surface area contributed by atoms with Crippen LogP contribution in [0.3, 0.4) is 0 Å². The zero-order valence-electron chi connectivity index (χ0n) is 9.66. The Kier molecular flexibility index (Phi) is 3.70. The lowest BCUT2D eigenvalue weighted by atomic mass is 10.2. The Balaban J connectivity index is 2.70. The Labute approximate surface area is 119 Å². The van der Waals surface area contributed by atoms with Gasteiger partial charge in [0.15, 0.2) is 5.65 Å². The molecule has 0 aliphatic rings. The molecule has 2 aromatic heterocycles. The van der Waals surface area contributed by atoms with Crippen LogP contribution in [-0.2, 0) is 10.9 Å². The third kappa shape index (κ3) is 2.53. The van der Waals surface area contributed by atoms with Crippen LogP contribution in [0.2, 0.25) is 0 Å². The standard InChI is InChI=1S/C11H8F3IN2O2/c1-2-19-10(18)6-3-4-7(11(12,13)14)17-8(15)5-16-9(6)17/h3-5H,2H2,1H3. The Hall–Kier alpha value is -1.32. The number of carbonyl (C=O) groups is 1. The van der Waals surface area contributed by atoms with Crippen molar-refractivity contribution in [3.05, 3.63) is 33.3 Å². The third-order valence-corrected chi connectivity index (χ3v) is 3.16. The summed E-state index contributed by atoms with van der Waals surface area (Å²) in [6.45, 7) is 1.76. The van der Waals surface area contributed by atoms with Gasteiger partial charge in [-0.05, 0) is 41.6 Å². The molecule has 2 aromatic rings. The monoisotopic (exact) mass is 384 g/mol. The molecule has 0 saturated carbocycles. The number of halogens is 4. The second kappa shape index (κ2) is 4.99. The van der Waals surface area contributed by atoms with E-state index < -0.39 is 17.8 Å². The molecule has 19 heavy (non-hydrogen) atoms. The highest BCUT2D eigenvalue weighted by Gasteiger charge is 2.35. The zero-order valence-corrected chi connectivity index (χ0v) is 11.8. The number of fused-ring (bicyclic) bond motifs is 1. The van der Waals surface area contributed by atoms with Gasteiger partial charge in [0.25, 0.3) is 0 Å². The first-order chi connectivity index (χ1) is 8.86. The van der Waals surface area contributed by atoms with Crippen LogP contribution in [0, 0.1) is 3.70 Å². The van der Waals surface area contributed by atoms with Gasteiger partial charge < -0.3 is 4.74 Å². The normalized spacial score (nSPS) is 11.8. The molecule has 0 N–H and O–H groups in total. The van der Waals surface area contributed by atoms with E-state index in [-0.39, 0.29) is 21.5 Å². The van der Waals surface area contributed by atoms with E-state index in [4.69, 9.17) is 4.74 Å². The largest absolute Gasteiger partial charge is 0.462 e. The van der Waals surface area contributed by atoms with E-state index in [1.54, 1.807) is 29.5 Å². The minimum atomic E-state index is -4.52. The smallest absolute Gasteiger partial charge is 0.431 e. The van der Waals surface area contributed by atoms with Gasteiger partial charge in [0.05, 0.1) is 12.8 Å². The fourth-order valence-corrected chi connectivity index (χ4v) is 2.28. The highest BCUT2D eigenvalue weighted by molar-refractivity contribution is 14.1. The van der Waals surface area contributed by atoms with Crippen LogP contribution >= 0.6 is 22.6 Å². The van der Waals surface area contributed by atoms with Crippen molar-refractivity contribution < 1.29 is 22.7 Å². The van der Waals surface area contributed by atoms with Crippen LogP contribution in [0.1, 0.15) is 23.0 Å². The number of esters is 1. The highest BCUT2D eigenvalue weighted by atomic mass is 127. The molecule has 0 bridgehead atoms. The van der Waals surface area contributed by atoms with Crippen molar-refractivity contribution in [3.63, 3.8) is 0 Å². The van der Waals surface area contributed by atoms with Crippen molar-refractivity contribution >= 4 is 34.2 Å². The Morgan fingerprint density at radius 3 is 2.74 bits per heavy atom. The Morgan fingerprint density at radius 2 is 2.16 bits per heavy atom. The second-order valence-electron chi connectivity index (χ2n) is 3.59. The summed E-state index contributed by atoms with van der Waals surface area (Å²) in [6, 6.07) is 1.93. The molecule has 102 valence electrons. The van der Waals surface area contributed by atoms with Gasteiger partial charge in [0, 0.05) is 0 Å². The van der Waals surface area contributed by atoms with E-state index in [1.807, 2.05) is 0 Å². The van der Waals surface area contributed by atoms with Gasteiger partial charge >= 0.3 is 12.1 Å². The van der Waals surface area contributed by atoms with Gasteiger partial charge in [0.1, 0.15) is 15.0 Å². The topological polar surface area (TPSA) is 43.6 Å². The molecule has 0 atom stereocenters. The minimum Gasteiger partial charge on any atom is -0.462 e. The van der Waals surface area contributed by atoms with Crippen molar-refractivity contribution in [2.75, 3.05) is 6.61 Å². The third-order valence-electron chi connectivity index (χ3n) is 2.39. The number of imidazole rings is 1. The van der Waals surface area contributed by atoms with Crippen molar-refractivity contribution in [2.24, 2.45) is 0 Å². The lowest BCUT2D eigenvalue weighted by molar-refractivity contribution is -0.142. The molecule has 0 radical (unpaired) electrons. The van der Waals surface area contributed by atoms with Crippen LogP contribution in [0.5, 0.6) is 0 Å². The SMILES string of the molecule is CCOC(=O)c1ccc(C(F)(F)F)n2c(I)cnc12. The molecule has 4 nitrogen and oxygen atoms in total. The molecular formula is C11H8F3IN2O2.